The van der Waals surface area contributed by atoms with Crippen LogP contribution in [0.2, 0.25) is 0 Å². The lowest BCUT2D eigenvalue weighted by molar-refractivity contribution is -0.146. The summed E-state index contributed by atoms with van der Waals surface area (Å²) in [7, 11) is 0. The molecule has 1 saturated heterocycles. The highest BCUT2D eigenvalue weighted by atomic mass is 16.3. The fourth-order valence-electron chi connectivity index (χ4n) is 4.23. The monoisotopic (exact) mass is 328 g/mol. The third-order valence-electron chi connectivity index (χ3n) is 5.94. The van der Waals surface area contributed by atoms with E-state index in [0.717, 1.165) is 31.4 Å². The molecular formula is C19H24N2O3. The molecule has 2 atom stereocenters. The van der Waals surface area contributed by atoms with Crippen molar-refractivity contribution in [2.75, 3.05) is 24.5 Å². The van der Waals surface area contributed by atoms with Crippen LogP contribution in [0.5, 0.6) is 0 Å². The number of aliphatic hydroxyl groups is 1. The van der Waals surface area contributed by atoms with Gasteiger partial charge in [-0.3, -0.25) is 9.59 Å². The van der Waals surface area contributed by atoms with Crippen molar-refractivity contribution in [1.29, 1.82) is 0 Å². The third kappa shape index (κ3) is 2.42. The quantitative estimate of drug-likeness (QED) is 0.798. The maximum atomic E-state index is 12.9. The summed E-state index contributed by atoms with van der Waals surface area (Å²) in [4.78, 5) is 28.9. The van der Waals surface area contributed by atoms with E-state index < -0.39 is 17.9 Å². The molecule has 5 heteroatoms. The van der Waals surface area contributed by atoms with Crippen molar-refractivity contribution >= 4 is 17.5 Å². The molecule has 2 fully saturated rings. The van der Waals surface area contributed by atoms with Crippen molar-refractivity contribution < 1.29 is 14.7 Å². The molecule has 1 aliphatic carbocycles. The van der Waals surface area contributed by atoms with Crippen LogP contribution < -0.4 is 4.90 Å². The van der Waals surface area contributed by atoms with Gasteiger partial charge in [-0.25, -0.2) is 0 Å². The molecule has 128 valence electrons. The number of nitrogens with zero attached hydrogens (tertiary/aromatic N) is 2. The van der Waals surface area contributed by atoms with Gasteiger partial charge >= 0.3 is 11.8 Å². The number of likely N-dealkylation sites (tertiary alicyclic amines) is 1. The lowest BCUT2D eigenvalue weighted by Crippen LogP contribution is -2.50. The van der Waals surface area contributed by atoms with Crippen molar-refractivity contribution in [3.05, 3.63) is 29.8 Å². The zero-order valence-electron chi connectivity index (χ0n) is 14.1. The van der Waals surface area contributed by atoms with Crippen LogP contribution in [0.3, 0.4) is 0 Å². The Morgan fingerprint density at radius 1 is 1.25 bits per heavy atom. The molecule has 1 aromatic carbocycles. The summed E-state index contributed by atoms with van der Waals surface area (Å²) in [6.07, 6.45) is 3.49. The number of hydrogen-bond donors (Lipinski definition) is 1. The molecule has 3 aliphatic rings. The molecule has 2 heterocycles. The molecule has 5 nitrogen and oxygen atoms in total. The zero-order valence-corrected chi connectivity index (χ0v) is 14.1. The van der Waals surface area contributed by atoms with E-state index in [2.05, 4.69) is 6.07 Å². The molecule has 1 spiro atoms. The predicted molar refractivity (Wildman–Crippen MR) is 90.7 cm³/mol. The van der Waals surface area contributed by atoms with E-state index in [1.165, 1.54) is 5.56 Å². The fraction of sp³-hybridized carbons (Fsp3) is 0.579. The summed E-state index contributed by atoms with van der Waals surface area (Å²) >= 11 is 0. The number of piperidine rings is 1. The number of carbonyl (C=O) groups excluding carboxylic acids is 2. The normalized spacial score (nSPS) is 25.5. The summed E-state index contributed by atoms with van der Waals surface area (Å²) in [5, 5.41) is 9.80. The summed E-state index contributed by atoms with van der Waals surface area (Å²) in [5.74, 6) is -0.776. The SMILES string of the molecule is CC(O)C1CCCN(C(=O)C(=O)N2CC3(CC3)c3ccccc32)C1. The highest BCUT2D eigenvalue weighted by Gasteiger charge is 2.53. The molecule has 0 aromatic heterocycles. The minimum absolute atomic E-state index is 0.0659. The first-order valence-electron chi connectivity index (χ1n) is 8.90. The number of fused-ring (bicyclic) bond motifs is 2. The van der Waals surface area contributed by atoms with Gasteiger partial charge in [0.05, 0.1) is 6.10 Å². The van der Waals surface area contributed by atoms with Crippen LogP contribution in [0.15, 0.2) is 24.3 Å². The number of hydrogen-bond acceptors (Lipinski definition) is 3. The Morgan fingerprint density at radius 2 is 2.00 bits per heavy atom. The maximum absolute atomic E-state index is 12.9. The van der Waals surface area contributed by atoms with Crippen LogP contribution in [0.4, 0.5) is 5.69 Å². The van der Waals surface area contributed by atoms with Crippen molar-refractivity contribution in [3.63, 3.8) is 0 Å². The van der Waals surface area contributed by atoms with E-state index in [9.17, 15) is 14.7 Å². The van der Waals surface area contributed by atoms with Crippen LogP contribution in [-0.4, -0.2) is 47.6 Å². The van der Waals surface area contributed by atoms with Gasteiger partial charge in [0.2, 0.25) is 0 Å². The van der Waals surface area contributed by atoms with Crippen molar-refractivity contribution in [1.82, 2.24) is 4.90 Å². The van der Waals surface area contributed by atoms with Gasteiger partial charge in [-0.05, 0) is 44.2 Å². The Bertz CT molecular complexity index is 681. The Morgan fingerprint density at radius 3 is 2.71 bits per heavy atom. The van der Waals surface area contributed by atoms with Crippen LogP contribution in [0, 0.1) is 5.92 Å². The molecule has 1 aromatic rings. The van der Waals surface area contributed by atoms with Gasteiger partial charge in [0.1, 0.15) is 0 Å². The lowest BCUT2D eigenvalue weighted by atomic mass is 9.93. The van der Waals surface area contributed by atoms with Gasteiger partial charge in [-0.1, -0.05) is 18.2 Å². The Kier molecular flexibility index (Phi) is 3.64. The number of aliphatic hydroxyl groups excluding tert-OH is 1. The second-order valence-electron chi connectivity index (χ2n) is 7.58. The van der Waals surface area contributed by atoms with Crippen LogP contribution >= 0.6 is 0 Å². The first kappa shape index (κ1) is 15.6. The first-order chi connectivity index (χ1) is 11.5. The number of carbonyl (C=O) groups is 2. The highest BCUT2D eigenvalue weighted by Crippen LogP contribution is 2.56. The number of amides is 2. The van der Waals surface area contributed by atoms with E-state index in [0.29, 0.717) is 19.6 Å². The summed E-state index contributed by atoms with van der Waals surface area (Å²) in [5.41, 5.74) is 2.21. The molecule has 0 radical (unpaired) electrons. The molecule has 0 bridgehead atoms. The zero-order chi connectivity index (χ0) is 16.9. The predicted octanol–water partition coefficient (Wildman–Crippen LogP) is 1.68. The molecule has 2 aliphatic heterocycles. The van der Waals surface area contributed by atoms with Crippen LogP contribution in [0.1, 0.15) is 38.2 Å². The minimum Gasteiger partial charge on any atom is -0.393 e. The number of rotatable bonds is 1. The van der Waals surface area contributed by atoms with Gasteiger partial charge in [0, 0.05) is 36.7 Å². The first-order valence-corrected chi connectivity index (χ1v) is 8.90. The second kappa shape index (κ2) is 5.59. The number of anilines is 1. The van der Waals surface area contributed by atoms with Gasteiger partial charge < -0.3 is 14.9 Å². The lowest BCUT2D eigenvalue weighted by Gasteiger charge is -2.34. The Balaban J connectivity index is 1.53. The van der Waals surface area contributed by atoms with Gasteiger partial charge in [0.15, 0.2) is 0 Å². The summed E-state index contributed by atoms with van der Waals surface area (Å²) in [6.45, 7) is 3.47. The van der Waals surface area contributed by atoms with E-state index in [-0.39, 0.29) is 11.3 Å². The van der Waals surface area contributed by atoms with E-state index >= 15 is 0 Å². The average molecular weight is 328 g/mol. The Labute approximate surface area is 142 Å². The standard InChI is InChI=1S/C19H24N2O3/c1-13(22)14-5-4-10-20(11-14)17(23)18(24)21-12-19(8-9-19)15-6-2-3-7-16(15)21/h2-3,6-7,13-14,22H,4-5,8-12H2,1H3. The minimum atomic E-state index is -0.446. The molecule has 24 heavy (non-hydrogen) atoms. The van der Waals surface area contributed by atoms with Gasteiger partial charge in [-0.2, -0.15) is 0 Å². The molecule has 1 N–H and O–H groups in total. The largest absolute Gasteiger partial charge is 0.393 e. The maximum Gasteiger partial charge on any atom is 0.316 e. The van der Waals surface area contributed by atoms with Crippen LogP contribution in [0.25, 0.3) is 0 Å². The average Bonchev–Trinajstić information content (AvgIpc) is 3.31. The smallest absolute Gasteiger partial charge is 0.316 e. The van der Waals surface area contributed by atoms with E-state index in [1.54, 1.807) is 16.7 Å². The fourth-order valence-corrected chi connectivity index (χ4v) is 4.23. The molecule has 4 rings (SSSR count). The van der Waals surface area contributed by atoms with Gasteiger partial charge in [-0.15, -0.1) is 0 Å². The second-order valence-corrected chi connectivity index (χ2v) is 7.58. The van der Waals surface area contributed by atoms with Crippen molar-refractivity contribution in [3.8, 4) is 0 Å². The summed E-state index contributed by atoms with van der Waals surface area (Å²) < 4.78 is 0. The van der Waals surface area contributed by atoms with Crippen molar-refractivity contribution in [2.24, 2.45) is 5.92 Å². The Hall–Kier alpha value is -1.88. The van der Waals surface area contributed by atoms with Gasteiger partial charge in [0.25, 0.3) is 0 Å². The molecule has 1 saturated carbocycles. The highest BCUT2D eigenvalue weighted by molar-refractivity contribution is 6.40. The van der Waals surface area contributed by atoms with E-state index in [1.807, 2.05) is 18.2 Å². The molecule has 2 unspecified atom stereocenters. The molecular weight excluding hydrogens is 304 g/mol. The third-order valence-corrected chi connectivity index (χ3v) is 5.94. The number of benzene rings is 1. The van der Waals surface area contributed by atoms with E-state index in [4.69, 9.17) is 0 Å². The number of para-hydroxylation sites is 1. The van der Waals surface area contributed by atoms with Crippen LogP contribution in [-0.2, 0) is 15.0 Å². The summed E-state index contributed by atoms with van der Waals surface area (Å²) in [6, 6.07) is 7.97. The topological polar surface area (TPSA) is 60.9 Å². The molecule has 2 amide bonds. The van der Waals surface area contributed by atoms with Crippen molar-refractivity contribution in [2.45, 2.75) is 44.1 Å².